The highest BCUT2D eigenvalue weighted by Gasteiger charge is 2.05. The van der Waals surface area contributed by atoms with Crippen LogP contribution in [-0.4, -0.2) is 38.9 Å². The van der Waals surface area contributed by atoms with Gasteiger partial charge in [0.05, 0.1) is 5.75 Å². The average molecular weight is 270 g/mol. The van der Waals surface area contributed by atoms with Crippen LogP contribution in [0, 0.1) is 0 Å². The molecular weight excluding hydrogens is 246 g/mol. The number of unbranched alkanes of at least 4 members (excludes halogenated alkanes) is 3. The van der Waals surface area contributed by atoms with Gasteiger partial charge in [-0.3, -0.25) is 0 Å². The summed E-state index contributed by atoms with van der Waals surface area (Å²) in [5.74, 6) is 1.32. The third-order valence-corrected chi connectivity index (χ3v) is 4.54. The highest BCUT2D eigenvalue weighted by molar-refractivity contribution is 7.91. The molecule has 16 heavy (non-hydrogen) atoms. The van der Waals surface area contributed by atoms with Crippen molar-refractivity contribution < 1.29 is 8.42 Å². The first kappa shape index (κ1) is 16.2. The van der Waals surface area contributed by atoms with Gasteiger partial charge in [-0.1, -0.05) is 19.8 Å². The number of hydrogen-bond donors (Lipinski definition) is 1. The van der Waals surface area contributed by atoms with Crippen LogP contribution >= 0.6 is 11.6 Å². The molecule has 0 saturated carbocycles. The first-order chi connectivity index (χ1) is 7.62. The van der Waals surface area contributed by atoms with Crippen molar-refractivity contribution in [3.63, 3.8) is 0 Å². The molecule has 0 heterocycles. The monoisotopic (exact) mass is 269 g/mol. The second kappa shape index (κ2) is 10.4. The molecule has 0 aliphatic carbocycles. The highest BCUT2D eigenvalue weighted by atomic mass is 35.5. The van der Waals surface area contributed by atoms with Gasteiger partial charge in [0, 0.05) is 11.6 Å². The lowest BCUT2D eigenvalue weighted by Crippen LogP contribution is -2.20. The summed E-state index contributed by atoms with van der Waals surface area (Å²) in [6.45, 7) is 3.48. The Balaban J connectivity index is 3.16. The molecule has 0 spiro atoms. The molecule has 3 nitrogen and oxygen atoms in total. The maximum atomic E-state index is 11.2. The summed E-state index contributed by atoms with van der Waals surface area (Å²) in [4.78, 5) is 0. The molecule has 0 aromatic rings. The summed E-state index contributed by atoms with van der Waals surface area (Å²) in [7, 11) is -2.78. The van der Waals surface area contributed by atoms with Crippen LogP contribution in [0.4, 0.5) is 0 Å². The van der Waals surface area contributed by atoms with Gasteiger partial charge in [0.25, 0.3) is 0 Å². The van der Waals surface area contributed by atoms with Crippen LogP contribution in [0.1, 0.15) is 39.0 Å². The maximum absolute atomic E-state index is 11.2. The summed E-state index contributed by atoms with van der Waals surface area (Å²) in [5, 5.41) is 3.26. The van der Waals surface area contributed by atoms with Crippen molar-refractivity contribution in [3.05, 3.63) is 0 Å². The fourth-order valence-electron chi connectivity index (χ4n) is 1.38. The average Bonchev–Trinajstić information content (AvgIpc) is 2.27. The van der Waals surface area contributed by atoms with Gasteiger partial charge in [0.1, 0.15) is 9.84 Å². The Morgan fingerprint density at radius 2 is 1.62 bits per heavy atom. The molecule has 0 aliphatic rings. The van der Waals surface area contributed by atoms with Crippen molar-refractivity contribution in [1.82, 2.24) is 5.32 Å². The van der Waals surface area contributed by atoms with Gasteiger partial charge >= 0.3 is 0 Å². The number of alkyl halides is 1. The first-order valence-corrected chi connectivity index (χ1v) is 8.45. The topological polar surface area (TPSA) is 46.2 Å². The van der Waals surface area contributed by atoms with E-state index in [-0.39, 0.29) is 5.75 Å². The van der Waals surface area contributed by atoms with Gasteiger partial charge in [0.15, 0.2) is 0 Å². The lowest BCUT2D eigenvalue weighted by molar-refractivity contribution is 0.579. The maximum Gasteiger partial charge on any atom is 0.150 e. The molecule has 0 unspecified atom stereocenters. The summed E-state index contributed by atoms with van der Waals surface area (Å²) in [5.41, 5.74) is 0. The normalized spacial score (nSPS) is 11.9. The summed E-state index contributed by atoms with van der Waals surface area (Å²) < 4.78 is 22.3. The molecule has 0 fully saturated rings. The Hall–Kier alpha value is 0.200. The Kier molecular flexibility index (Phi) is 10.5. The van der Waals surface area contributed by atoms with Gasteiger partial charge in [0.2, 0.25) is 0 Å². The van der Waals surface area contributed by atoms with Crippen LogP contribution in [0.5, 0.6) is 0 Å². The summed E-state index contributed by atoms with van der Waals surface area (Å²) >= 11 is 5.57. The molecular formula is C11H24ClNO2S. The van der Waals surface area contributed by atoms with Crippen LogP contribution in [0.15, 0.2) is 0 Å². The molecule has 1 N–H and O–H groups in total. The van der Waals surface area contributed by atoms with Crippen LogP contribution < -0.4 is 5.32 Å². The fraction of sp³-hybridized carbons (Fsp3) is 1.00. The van der Waals surface area contributed by atoms with Gasteiger partial charge in [-0.05, 0) is 32.4 Å². The minimum atomic E-state index is -2.78. The SMILES string of the molecule is CCS(=O)(=O)CCCNCCCCCCCl. The molecule has 0 aromatic carbocycles. The van der Waals surface area contributed by atoms with Crippen molar-refractivity contribution in [2.75, 3.05) is 30.5 Å². The third kappa shape index (κ3) is 10.7. The van der Waals surface area contributed by atoms with Gasteiger partial charge in [-0.25, -0.2) is 8.42 Å². The minimum absolute atomic E-state index is 0.255. The van der Waals surface area contributed by atoms with E-state index < -0.39 is 9.84 Å². The van der Waals surface area contributed by atoms with E-state index in [1.165, 1.54) is 12.8 Å². The molecule has 5 heteroatoms. The zero-order chi connectivity index (χ0) is 12.3. The van der Waals surface area contributed by atoms with Crippen molar-refractivity contribution >= 4 is 21.4 Å². The van der Waals surface area contributed by atoms with Crippen molar-refractivity contribution in [3.8, 4) is 0 Å². The second-order valence-electron chi connectivity index (χ2n) is 3.94. The molecule has 0 rings (SSSR count). The van der Waals surface area contributed by atoms with E-state index in [1.54, 1.807) is 6.92 Å². The third-order valence-electron chi connectivity index (χ3n) is 2.49. The Morgan fingerprint density at radius 3 is 2.25 bits per heavy atom. The quantitative estimate of drug-likeness (QED) is 0.462. The zero-order valence-corrected chi connectivity index (χ0v) is 11.7. The van der Waals surface area contributed by atoms with E-state index in [1.807, 2.05) is 0 Å². The first-order valence-electron chi connectivity index (χ1n) is 6.09. The van der Waals surface area contributed by atoms with E-state index in [4.69, 9.17) is 11.6 Å². The highest BCUT2D eigenvalue weighted by Crippen LogP contribution is 2.00. The van der Waals surface area contributed by atoms with E-state index in [9.17, 15) is 8.42 Å². The van der Waals surface area contributed by atoms with E-state index in [2.05, 4.69) is 5.32 Å². The number of sulfone groups is 1. The molecule has 0 aromatic heterocycles. The van der Waals surface area contributed by atoms with Gasteiger partial charge in [-0.15, -0.1) is 11.6 Å². The number of hydrogen-bond acceptors (Lipinski definition) is 3. The lowest BCUT2D eigenvalue weighted by Gasteiger charge is -2.04. The minimum Gasteiger partial charge on any atom is -0.317 e. The van der Waals surface area contributed by atoms with Gasteiger partial charge in [-0.2, -0.15) is 0 Å². The standard InChI is InChI=1S/C11H24ClNO2S/c1-2-16(14,15)11-7-10-13-9-6-4-3-5-8-12/h13H,2-11H2,1H3. The van der Waals surface area contributed by atoms with Crippen LogP contribution in [-0.2, 0) is 9.84 Å². The second-order valence-corrected chi connectivity index (χ2v) is 6.79. The number of halogens is 1. The fourth-order valence-corrected chi connectivity index (χ4v) is 2.45. The van der Waals surface area contributed by atoms with Crippen molar-refractivity contribution in [1.29, 1.82) is 0 Å². The number of nitrogens with one attached hydrogen (secondary N) is 1. The molecule has 98 valence electrons. The molecule has 0 amide bonds. The van der Waals surface area contributed by atoms with Crippen molar-refractivity contribution in [2.45, 2.75) is 39.0 Å². The zero-order valence-electron chi connectivity index (χ0n) is 10.2. The predicted octanol–water partition coefficient (Wildman–Crippen LogP) is 2.20. The predicted molar refractivity (Wildman–Crippen MR) is 71.0 cm³/mol. The molecule has 0 bridgehead atoms. The lowest BCUT2D eigenvalue weighted by atomic mass is 10.2. The summed E-state index contributed by atoms with van der Waals surface area (Å²) in [6, 6.07) is 0. The van der Waals surface area contributed by atoms with E-state index in [0.29, 0.717) is 5.75 Å². The van der Waals surface area contributed by atoms with Gasteiger partial charge < -0.3 is 5.32 Å². The van der Waals surface area contributed by atoms with Crippen LogP contribution in [0.25, 0.3) is 0 Å². The Labute approximate surface area is 105 Å². The van der Waals surface area contributed by atoms with Crippen LogP contribution in [0.2, 0.25) is 0 Å². The van der Waals surface area contributed by atoms with Crippen molar-refractivity contribution in [2.24, 2.45) is 0 Å². The Morgan fingerprint density at radius 1 is 1.00 bits per heavy atom. The molecule has 0 atom stereocenters. The molecule has 0 saturated heterocycles. The molecule has 0 radical (unpaired) electrons. The molecule has 0 aliphatic heterocycles. The number of rotatable bonds is 11. The van der Waals surface area contributed by atoms with Crippen LogP contribution in [0.3, 0.4) is 0 Å². The smallest absolute Gasteiger partial charge is 0.150 e. The largest absolute Gasteiger partial charge is 0.317 e. The Bertz CT molecular complexity index is 242. The van der Waals surface area contributed by atoms with E-state index in [0.717, 1.165) is 38.2 Å². The summed E-state index contributed by atoms with van der Waals surface area (Å²) in [6.07, 6.45) is 5.36. The van der Waals surface area contributed by atoms with E-state index >= 15 is 0 Å².